The summed E-state index contributed by atoms with van der Waals surface area (Å²) in [5, 5.41) is 0. The van der Waals surface area contributed by atoms with Crippen molar-refractivity contribution in [3.8, 4) is 0 Å². The minimum atomic E-state index is -4.37. The van der Waals surface area contributed by atoms with Gasteiger partial charge in [0.25, 0.3) is 5.91 Å². The van der Waals surface area contributed by atoms with E-state index in [1.165, 1.54) is 6.07 Å². The van der Waals surface area contributed by atoms with Crippen molar-refractivity contribution in [3.63, 3.8) is 0 Å². The first-order valence-corrected chi connectivity index (χ1v) is 12.1. The Morgan fingerprint density at radius 3 is 2.50 bits per heavy atom. The van der Waals surface area contributed by atoms with Gasteiger partial charge in [0.05, 0.1) is 36.7 Å². The third kappa shape index (κ3) is 4.52. The van der Waals surface area contributed by atoms with Gasteiger partial charge < -0.3 is 9.64 Å². The molecule has 1 aromatic carbocycles. The number of hydrogen-bond donors (Lipinski definition) is 0. The van der Waals surface area contributed by atoms with Gasteiger partial charge in [0.15, 0.2) is 0 Å². The van der Waals surface area contributed by atoms with Crippen LogP contribution < -0.4 is 0 Å². The standard InChI is InChI=1S/C25H31F3N4O2/c1-24(15-22-21(30-24)14-18(16-29-22)31-10-12-34-13-11-31)23(33)32-8-6-17(7-9-32)19-4-2-3-5-20(19)25(26,27)28/h2-5,17-18H,6-16H2,1H3. The van der Waals surface area contributed by atoms with Crippen LogP contribution in [0.4, 0.5) is 13.2 Å². The number of fused-ring (bicyclic) bond motifs is 1. The number of piperidine rings is 1. The summed E-state index contributed by atoms with van der Waals surface area (Å²) in [6.45, 7) is 6.74. The molecule has 1 aromatic rings. The molecule has 0 radical (unpaired) electrons. The van der Waals surface area contributed by atoms with Gasteiger partial charge in [-0.25, -0.2) is 0 Å². The number of halogens is 3. The molecule has 0 spiro atoms. The Bertz CT molecular complexity index is 994. The van der Waals surface area contributed by atoms with Gasteiger partial charge in [0, 0.05) is 45.1 Å². The molecule has 9 heteroatoms. The van der Waals surface area contributed by atoms with Gasteiger partial charge in [-0.1, -0.05) is 18.2 Å². The highest BCUT2D eigenvalue weighted by Gasteiger charge is 2.46. The Hall–Kier alpha value is -2.26. The normalized spacial score (nSPS) is 28.9. The molecule has 2 unspecified atom stereocenters. The van der Waals surface area contributed by atoms with E-state index in [-0.39, 0.29) is 11.8 Å². The number of aliphatic imine (C=N–C) groups is 2. The van der Waals surface area contributed by atoms with Crippen molar-refractivity contribution in [2.24, 2.45) is 9.98 Å². The van der Waals surface area contributed by atoms with Crippen LogP contribution in [0.1, 0.15) is 49.7 Å². The minimum Gasteiger partial charge on any atom is -0.379 e. The number of hydrogen-bond acceptors (Lipinski definition) is 5. The zero-order valence-electron chi connectivity index (χ0n) is 19.5. The van der Waals surface area contributed by atoms with Crippen molar-refractivity contribution in [2.75, 3.05) is 45.9 Å². The molecule has 0 N–H and O–H groups in total. The average molecular weight is 477 g/mol. The van der Waals surface area contributed by atoms with Crippen molar-refractivity contribution in [3.05, 3.63) is 35.4 Å². The minimum absolute atomic E-state index is 0.0393. The van der Waals surface area contributed by atoms with Crippen LogP contribution in [0.2, 0.25) is 0 Å². The second kappa shape index (κ2) is 9.07. The number of ether oxygens (including phenoxy) is 1. The van der Waals surface area contributed by atoms with Gasteiger partial charge >= 0.3 is 6.18 Å². The summed E-state index contributed by atoms with van der Waals surface area (Å²) in [5.41, 5.74) is 0.779. The van der Waals surface area contributed by atoms with Gasteiger partial charge in [-0.2, -0.15) is 13.2 Å². The summed E-state index contributed by atoms with van der Waals surface area (Å²) >= 11 is 0. The van der Waals surface area contributed by atoms with Crippen LogP contribution in [0.15, 0.2) is 34.3 Å². The van der Waals surface area contributed by atoms with Crippen molar-refractivity contribution >= 4 is 17.3 Å². The summed E-state index contributed by atoms with van der Waals surface area (Å²) in [4.78, 5) is 27.3. The molecule has 0 aliphatic carbocycles. The Morgan fingerprint density at radius 2 is 1.79 bits per heavy atom. The highest BCUT2D eigenvalue weighted by atomic mass is 19.4. The third-order valence-corrected chi connectivity index (χ3v) is 7.66. The van der Waals surface area contributed by atoms with Crippen LogP contribution in [0.25, 0.3) is 0 Å². The van der Waals surface area contributed by atoms with E-state index in [1.807, 2.05) is 6.92 Å². The number of nitrogens with zero attached hydrogens (tertiary/aromatic N) is 4. The second-order valence-corrected chi connectivity index (χ2v) is 9.95. The topological polar surface area (TPSA) is 57.5 Å². The molecule has 2 atom stereocenters. The number of likely N-dealkylation sites (tertiary alicyclic amines) is 1. The van der Waals surface area contributed by atoms with Crippen LogP contribution in [0.3, 0.4) is 0 Å². The molecule has 0 saturated carbocycles. The van der Waals surface area contributed by atoms with E-state index in [1.54, 1.807) is 17.0 Å². The van der Waals surface area contributed by atoms with E-state index in [4.69, 9.17) is 14.7 Å². The zero-order valence-corrected chi connectivity index (χ0v) is 19.5. The highest BCUT2D eigenvalue weighted by molar-refractivity contribution is 6.45. The molecule has 4 aliphatic heterocycles. The Morgan fingerprint density at radius 1 is 1.09 bits per heavy atom. The first kappa shape index (κ1) is 23.5. The number of carbonyl (C=O) groups is 1. The number of alkyl halides is 3. The van der Waals surface area contributed by atoms with E-state index in [2.05, 4.69) is 4.90 Å². The number of carbonyl (C=O) groups excluding carboxylic acids is 1. The average Bonchev–Trinajstić information content (AvgIpc) is 3.20. The first-order valence-electron chi connectivity index (χ1n) is 12.1. The Balaban J connectivity index is 1.24. The molecular formula is C25H31F3N4O2. The van der Waals surface area contributed by atoms with Crippen LogP contribution in [-0.2, 0) is 15.7 Å². The van der Waals surface area contributed by atoms with Crippen molar-refractivity contribution in [1.29, 1.82) is 0 Å². The van der Waals surface area contributed by atoms with Crippen LogP contribution in [0.5, 0.6) is 0 Å². The summed E-state index contributed by atoms with van der Waals surface area (Å²) in [6, 6.07) is 6.10. The van der Waals surface area contributed by atoms with Gasteiger partial charge in [-0.05, 0) is 37.3 Å². The lowest BCUT2D eigenvalue weighted by molar-refractivity contribution is -0.140. The lowest BCUT2D eigenvalue weighted by Crippen LogP contribution is -2.48. The zero-order chi connectivity index (χ0) is 23.9. The Labute approximate surface area is 197 Å². The van der Waals surface area contributed by atoms with E-state index >= 15 is 0 Å². The molecule has 0 bridgehead atoms. The molecule has 5 rings (SSSR count). The predicted octanol–water partition coefficient (Wildman–Crippen LogP) is 3.56. The Kier molecular flexibility index (Phi) is 6.27. The maximum atomic E-state index is 13.5. The van der Waals surface area contributed by atoms with Gasteiger partial charge in [-0.3, -0.25) is 19.7 Å². The van der Waals surface area contributed by atoms with E-state index in [0.717, 1.165) is 56.8 Å². The maximum Gasteiger partial charge on any atom is 0.416 e. The maximum absolute atomic E-state index is 13.5. The lowest BCUT2D eigenvalue weighted by Gasteiger charge is -2.36. The lowest BCUT2D eigenvalue weighted by atomic mass is 9.85. The quantitative estimate of drug-likeness (QED) is 0.671. The first-order chi connectivity index (χ1) is 16.2. The van der Waals surface area contributed by atoms with E-state index < -0.39 is 17.3 Å². The monoisotopic (exact) mass is 476 g/mol. The second-order valence-electron chi connectivity index (χ2n) is 9.95. The molecule has 6 nitrogen and oxygen atoms in total. The van der Waals surface area contributed by atoms with Crippen LogP contribution in [0, 0.1) is 0 Å². The van der Waals surface area contributed by atoms with Crippen LogP contribution >= 0.6 is 0 Å². The van der Waals surface area contributed by atoms with Crippen molar-refractivity contribution < 1.29 is 22.7 Å². The van der Waals surface area contributed by atoms with E-state index in [0.29, 0.717) is 44.0 Å². The highest BCUT2D eigenvalue weighted by Crippen LogP contribution is 2.39. The molecule has 2 fully saturated rings. The fourth-order valence-corrected chi connectivity index (χ4v) is 5.80. The number of benzene rings is 1. The third-order valence-electron chi connectivity index (χ3n) is 7.66. The molecule has 34 heavy (non-hydrogen) atoms. The number of amides is 1. The molecule has 4 heterocycles. The summed E-state index contributed by atoms with van der Waals surface area (Å²) < 4.78 is 45.8. The van der Waals surface area contributed by atoms with Crippen molar-refractivity contribution in [2.45, 2.75) is 56.3 Å². The van der Waals surface area contributed by atoms with Gasteiger partial charge in [0.2, 0.25) is 0 Å². The smallest absolute Gasteiger partial charge is 0.379 e. The largest absolute Gasteiger partial charge is 0.416 e. The fourth-order valence-electron chi connectivity index (χ4n) is 5.80. The summed E-state index contributed by atoms with van der Waals surface area (Å²) in [5.74, 6) is -0.242. The summed E-state index contributed by atoms with van der Waals surface area (Å²) in [7, 11) is 0. The molecule has 184 valence electrons. The number of morpholine rings is 1. The molecule has 0 aromatic heterocycles. The summed E-state index contributed by atoms with van der Waals surface area (Å²) in [6.07, 6.45) is -2.02. The molecule has 2 saturated heterocycles. The van der Waals surface area contributed by atoms with Crippen molar-refractivity contribution in [1.82, 2.24) is 9.80 Å². The van der Waals surface area contributed by atoms with Gasteiger partial charge in [-0.15, -0.1) is 0 Å². The van der Waals surface area contributed by atoms with Crippen LogP contribution in [-0.4, -0.2) is 84.6 Å². The SMILES string of the molecule is CC1(C(=O)N2CCC(c3ccccc3C(F)(F)F)CC2)CC2=NCC(N3CCOCC3)CC2=N1. The number of rotatable bonds is 3. The fraction of sp³-hybridized carbons (Fsp3) is 0.640. The molecule has 4 aliphatic rings. The predicted molar refractivity (Wildman–Crippen MR) is 124 cm³/mol. The molecule has 1 amide bonds. The van der Waals surface area contributed by atoms with E-state index in [9.17, 15) is 18.0 Å². The molecular weight excluding hydrogens is 445 g/mol. The van der Waals surface area contributed by atoms with Gasteiger partial charge in [0.1, 0.15) is 5.54 Å².